The van der Waals surface area contributed by atoms with Gasteiger partial charge in [-0.05, 0) is 68.7 Å². The molecule has 2 aromatic heterocycles. The third kappa shape index (κ3) is 5.13. The molecule has 4 nitrogen and oxygen atoms in total. The molecule has 0 aliphatic heterocycles. The van der Waals surface area contributed by atoms with Crippen LogP contribution in [0, 0.1) is 0 Å². The van der Waals surface area contributed by atoms with E-state index in [1.807, 2.05) is 60.7 Å². The Bertz CT molecular complexity index is 2840. The van der Waals surface area contributed by atoms with E-state index in [0.717, 1.165) is 60.5 Å². The van der Waals surface area contributed by atoms with Crippen molar-refractivity contribution in [1.82, 2.24) is 15.0 Å². The molecule has 10 aromatic rings. The number of aromatic nitrogens is 3. The molecule has 0 aliphatic rings. The first-order chi connectivity index (χ1) is 25.2. The molecule has 0 bridgehead atoms. The Labute approximate surface area is 294 Å². The molecule has 0 fully saturated rings. The maximum atomic E-state index is 6.70. The highest BCUT2D eigenvalue weighted by molar-refractivity contribution is 6.21. The number of nitrogens with zero attached hydrogens (tertiary/aromatic N) is 3. The van der Waals surface area contributed by atoms with Crippen molar-refractivity contribution in [3.63, 3.8) is 0 Å². The first-order valence-electron chi connectivity index (χ1n) is 17.1. The van der Waals surface area contributed by atoms with Gasteiger partial charge in [0.2, 0.25) is 0 Å². The molecule has 238 valence electrons. The molecule has 10 rings (SSSR count). The Morgan fingerprint density at radius 3 is 1.49 bits per heavy atom. The second-order valence-electron chi connectivity index (χ2n) is 12.8. The lowest BCUT2D eigenvalue weighted by Crippen LogP contribution is -2.00. The molecule has 0 aliphatic carbocycles. The molecule has 0 unspecified atom stereocenters. The molecular formula is C47H29N3O. The Hall–Kier alpha value is -6.91. The fourth-order valence-corrected chi connectivity index (χ4v) is 7.13. The van der Waals surface area contributed by atoms with E-state index in [4.69, 9.17) is 19.4 Å². The van der Waals surface area contributed by atoms with Gasteiger partial charge in [0.05, 0.1) is 0 Å². The lowest BCUT2D eigenvalue weighted by atomic mass is 9.95. The molecule has 2 heterocycles. The van der Waals surface area contributed by atoms with Crippen LogP contribution in [0.1, 0.15) is 0 Å². The average molecular weight is 652 g/mol. The number of fused-ring (bicyclic) bond motifs is 6. The summed E-state index contributed by atoms with van der Waals surface area (Å²) in [6, 6.07) is 61.1. The summed E-state index contributed by atoms with van der Waals surface area (Å²) in [5.41, 5.74) is 9.10. The van der Waals surface area contributed by atoms with Crippen molar-refractivity contribution < 1.29 is 4.42 Å². The number of hydrogen-bond donors (Lipinski definition) is 0. The zero-order chi connectivity index (χ0) is 33.7. The van der Waals surface area contributed by atoms with Gasteiger partial charge in [-0.15, -0.1) is 0 Å². The van der Waals surface area contributed by atoms with Gasteiger partial charge in [0.25, 0.3) is 0 Å². The van der Waals surface area contributed by atoms with E-state index in [1.165, 1.54) is 21.9 Å². The molecular weight excluding hydrogens is 623 g/mol. The number of hydrogen-bond acceptors (Lipinski definition) is 4. The highest BCUT2D eigenvalue weighted by Crippen LogP contribution is 2.42. The van der Waals surface area contributed by atoms with E-state index in [-0.39, 0.29) is 0 Å². The van der Waals surface area contributed by atoms with Gasteiger partial charge in [-0.3, -0.25) is 0 Å². The van der Waals surface area contributed by atoms with E-state index >= 15 is 0 Å². The normalized spacial score (nSPS) is 11.5. The molecule has 0 saturated carbocycles. The third-order valence-corrected chi connectivity index (χ3v) is 9.68. The summed E-state index contributed by atoms with van der Waals surface area (Å²) >= 11 is 0. The van der Waals surface area contributed by atoms with E-state index in [0.29, 0.717) is 17.5 Å². The van der Waals surface area contributed by atoms with Gasteiger partial charge in [-0.25, -0.2) is 15.0 Å². The Kier molecular flexibility index (Phi) is 6.78. The second-order valence-corrected chi connectivity index (χ2v) is 12.8. The monoisotopic (exact) mass is 651 g/mol. The SMILES string of the molecule is c1ccc(-c2ccc3cc(-c4ccc5oc6c7ccccc7cc(-c7nc(-c8ccccc8)nc(-c8ccccc8)n7)c6c5c4)ccc3c2)cc1. The molecule has 51 heavy (non-hydrogen) atoms. The largest absolute Gasteiger partial charge is 0.455 e. The lowest BCUT2D eigenvalue weighted by molar-refractivity contribution is 0.673. The van der Waals surface area contributed by atoms with Gasteiger partial charge in [0, 0.05) is 32.8 Å². The topological polar surface area (TPSA) is 51.8 Å². The molecule has 4 heteroatoms. The fraction of sp³-hybridized carbons (Fsp3) is 0. The van der Waals surface area contributed by atoms with Gasteiger partial charge >= 0.3 is 0 Å². The van der Waals surface area contributed by atoms with Crippen LogP contribution in [-0.2, 0) is 0 Å². The summed E-state index contributed by atoms with van der Waals surface area (Å²) in [6.45, 7) is 0. The minimum atomic E-state index is 0.603. The number of benzene rings is 8. The molecule has 8 aromatic carbocycles. The minimum absolute atomic E-state index is 0.603. The Morgan fingerprint density at radius 2 is 0.843 bits per heavy atom. The third-order valence-electron chi connectivity index (χ3n) is 9.68. The van der Waals surface area contributed by atoms with Crippen LogP contribution in [-0.4, -0.2) is 15.0 Å². The van der Waals surface area contributed by atoms with Gasteiger partial charge in [0.1, 0.15) is 11.2 Å². The van der Waals surface area contributed by atoms with Crippen molar-refractivity contribution in [2.45, 2.75) is 0 Å². The van der Waals surface area contributed by atoms with Gasteiger partial charge in [-0.2, -0.15) is 0 Å². The average Bonchev–Trinajstić information content (AvgIpc) is 3.60. The van der Waals surface area contributed by atoms with Crippen LogP contribution in [0.3, 0.4) is 0 Å². The first kappa shape index (κ1) is 29.0. The van der Waals surface area contributed by atoms with Gasteiger partial charge < -0.3 is 4.42 Å². The van der Waals surface area contributed by atoms with E-state index in [2.05, 4.69) is 115 Å². The van der Waals surface area contributed by atoms with Crippen molar-refractivity contribution in [3.05, 3.63) is 176 Å². The quantitative estimate of drug-likeness (QED) is 0.186. The zero-order valence-electron chi connectivity index (χ0n) is 27.5. The highest BCUT2D eigenvalue weighted by atomic mass is 16.3. The number of furan rings is 1. The Morgan fingerprint density at radius 1 is 0.333 bits per heavy atom. The van der Waals surface area contributed by atoms with E-state index < -0.39 is 0 Å². The standard InChI is InChI=1S/C47H29N3O/c1-4-12-30(13-5-1)33-20-21-35-27-36(23-22-34(35)26-33)37-24-25-42-40(28-37)43-41(29-38-18-10-11-19-39(38)44(43)51-42)47-49-45(31-14-6-2-7-15-31)48-46(50-47)32-16-8-3-9-17-32/h1-29H. The molecule has 0 amide bonds. The van der Waals surface area contributed by atoms with Crippen molar-refractivity contribution in [3.8, 4) is 56.4 Å². The molecule has 0 N–H and O–H groups in total. The van der Waals surface area contributed by atoms with Crippen LogP contribution < -0.4 is 0 Å². The molecule has 0 atom stereocenters. The smallest absolute Gasteiger partial charge is 0.164 e. The summed E-state index contributed by atoms with van der Waals surface area (Å²) in [5.74, 6) is 1.85. The maximum absolute atomic E-state index is 6.70. The highest BCUT2D eigenvalue weighted by Gasteiger charge is 2.21. The van der Waals surface area contributed by atoms with Crippen LogP contribution in [0.5, 0.6) is 0 Å². The minimum Gasteiger partial charge on any atom is -0.455 e. The summed E-state index contributed by atoms with van der Waals surface area (Å²) in [6.07, 6.45) is 0. The molecule has 0 saturated heterocycles. The lowest BCUT2D eigenvalue weighted by Gasteiger charge is -2.11. The van der Waals surface area contributed by atoms with Crippen LogP contribution in [0.15, 0.2) is 180 Å². The van der Waals surface area contributed by atoms with E-state index in [9.17, 15) is 0 Å². The van der Waals surface area contributed by atoms with E-state index in [1.54, 1.807) is 0 Å². The van der Waals surface area contributed by atoms with Crippen LogP contribution in [0.4, 0.5) is 0 Å². The maximum Gasteiger partial charge on any atom is 0.164 e. The second kappa shape index (κ2) is 11.9. The summed E-state index contributed by atoms with van der Waals surface area (Å²) in [4.78, 5) is 15.2. The summed E-state index contributed by atoms with van der Waals surface area (Å²) in [5, 5.41) is 6.53. The number of rotatable bonds is 5. The van der Waals surface area contributed by atoms with Crippen molar-refractivity contribution in [1.29, 1.82) is 0 Å². The molecule has 0 radical (unpaired) electrons. The fourth-order valence-electron chi connectivity index (χ4n) is 7.13. The zero-order valence-corrected chi connectivity index (χ0v) is 27.5. The van der Waals surface area contributed by atoms with Gasteiger partial charge in [0.15, 0.2) is 17.5 Å². The van der Waals surface area contributed by atoms with Crippen LogP contribution in [0.25, 0.3) is 99.9 Å². The summed E-state index contributed by atoms with van der Waals surface area (Å²) < 4.78 is 6.70. The first-order valence-corrected chi connectivity index (χ1v) is 17.1. The van der Waals surface area contributed by atoms with Crippen LogP contribution >= 0.6 is 0 Å². The van der Waals surface area contributed by atoms with Crippen molar-refractivity contribution in [2.75, 3.05) is 0 Å². The van der Waals surface area contributed by atoms with Crippen molar-refractivity contribution >= 4 is 43.5 Å². The summed E-state index contributed by atoms with van der Waals surface area (Å²) in [7, 11) is 0. The van der Waals surface area contributed by atoms with Gasteiger partial charge in [-0.1, -0.05) is 146 Å². The predicted octanol–water partition coefficient (Wildman–Crippen LogP) is 12.4. The predicted molar refractivity (Wildman–Crippen MR) is 209 cm³/mol. The van der Waals surface area contributed by atoms with Crippen LogP contribution in [0.2, 0.25) is 0 Å². The Balaban J connectivity index is 1.18. The molecule has 0 spiro atoms. The van der Waals surface area contributed by atoms with Crippen molar-refractivity contribution in [2.24, 2.45) is 0 Å².